The molecule has 2 aromatic rings. The molecule has 0 radical (unpaired) electrons. The lowest BCUT2D eigenvalue weighted by Crippen LogP contribution is -2.52. The highest BCUT2D eigenvalue weighted by molar-refractivity contribution is 5.76. The second-order valence-electron chi connectivity index (χ2n) is 8.12. The Kier molecular flexibility index (Phi) is 5.04. The number of nitrogens with zero attached hydrogens (tertiary/aromatic N) is 4. The van der Waals surface area contributed by atoms with Crippen LogP contribution in [0, 0.1) is 0 Å². The number of amides is 1. The fourth-order valence-corrected chi connectivity index (χ4v) is 4.95. The van der Waals surface area contributed by atoms with E-state index in [1.54, 1.807) is 6.20 Å². The lowest BCUT2D eigenvalue weighted by atomic mass is 9.81. The van der Waals surface area contributed by atoms with Gasteiger partial charge in [-0.2, -0.15) is 0 Å². The Morgan fingerprint density at radius 2 is 1.96 bits per heavy atom. The molecule has 0 bridgehead atoms. The third kappa shape index (κ3) is 3.53. The van der Waals surface area contributed by atoms with Crippen LogP contribution in [0.25, 0.3) is 0 Å². The molecule has 1 spiro atoms. The van der Waals surface area contributed by atoms with Crippen LogP contribution in [0.4, 0.5) is 0 Å². The average Bonchev–Trinajstić information content (AvgIpc) is 3.27. The minimum Gasteiger partial charge on any atom is -0.341 e. The maximum Gasteiger partial charge on any atom is 0.242 e. The van der Waals surface area contributed by atoms with Crippen molar-refractivity contribution in [1.82, 2.24) is 19.4 Å². The molecular formula is C22H30N4O. The molecule has 3 heterocycles. The molecule has 1 aromatic heterocycles. The first kappa shape index (κ1) is 18.2. The largest absolute Gasteiger partial charge is 0.341 e. The summed E-state index contributed by atoms with van der Waals surface area (Å²) < 4.78 is 1.99. The van der Waals surface area contributed by atoms with E-state index >= 15 is 0 Å². The van der Waals surface area contributed by atoms with Gasteiger partial charge in [-0.05, 0) is 37.8 Å². The number of aromatic nitrogens is 2. The molecule has 5 heteroatoms. The highest BCUT2D eigenvalue weighted by Crippen LogP contribution is 2.43. The Morgan fingerprint density at radius 3 is 2.67 bits per heavy atom. The first-order valence-corrected chi connectivity index (χ1v) is 10.2. The molecule has 5 nitrogen and oxygen atoms in total. The van der Waals surface area contributed by atoms with Gasteiger partial charge in [-0.1, -0.05) is 37.3 Å². The minimum absolute atomic E-state index is 0.220. The highest BCUT2D eigenvalue weighted by atomic mass is 16.2. The Labute approximate surface area is 162 Å². The average molecular weight is 367 g/mol. The van der Waals surface area contributed by atoms with Gasteiger partial charge in [-0.25, -0.2) is 4.98 Å². The van der Waals surface area contributed by atoms with Crippen LogP contribution >= 0.6 is 0 Å². The number of carbonyl (C=O) groups is 1. The van der Waals surface area contributed by atoms with Crippen LogP contribution in [-0.2, 0) is 17.8 Å². The number of hydrogen-bond acceptors (Lipinski definition) is 3. The summed E-state index contributed by atoms with van der Waals surface area (Å²) in [6, 6.07) is 10.9. The van der Waals surface area contributed by atoms with Crippen molar-refractivity contribution in [3.8, 4) is 0 Å². The predicted molar refractivity (Wildman–Crippen MR) is 107 cm³/mol. The Bertz CT molecular complexity index is 777. The summed E-state index contributed by atoms with van der Waals surface area (Å²) in [5.41, 5.74) is 1.70. The fraction of sp³-hybridized carbons (Fsp3) is 0.545. The van der Waals surface area contributed by atoms with E-state index in [0.717, 1.165) is 44.7 Å². The Balaban J connectivity index is 1.37. The molecule has 1 amide bonds. The number of likely N-dealkylation sites (N-methyl/N-ethyl adjacent to an activating group) is 1. The van der Waals surface area contributed by atoms with E-state index in [2.05, 4.69) is 54.2 Å². The van der Waals surface area contributed by atoms with E-state index in [4.69, 9.17) is 0 Å². The maximum absolute atomic E-state index is 12.8. The monoisotopic (exact) mass is 366 g/mol. The first-order chi connectivity index (χ1) is 13.1. The van der Waals surface area contributed by atoms with Gasteiger partial charge in [0.25, 0.3) is 0 Å². The summed E-state index contributed by atoms with van der Waals surface area (Å²) in [6.07, 6.45) is 7.91. The van der Waals surface area contributed by atoms with Gasteiger partial charge in [0.15, 0.2) is 0 Å². The molecule has 0 N–H and O–H groups in total. The van der Waals surface area contributed by atoms with Crippen LogP contribution < -0.4 is 0 Å². The predicted octanol–water partition coefficient (Wildman–Crippen LogP) is 2.93. The number of aryl methyl sites for hydroxylation is 1. The lowest BCUT2D eigenvalue weighted by molar-refractivity contribution is -0.134. The van der Waals surface area contributed by atoms with Crippen molar-refractivity contribution in [1.29, 1.82) is 0 Å². The van der Waals surface area contributed by atoms with Gasteiger partial charge < -0.3 is 9.47 Å². The number of likely N-dealkylation sites (tertiary alicyclic amines) is 2. The van der Waals surface area contributed by atoms with Crippen molar-refractivity contribution >= 4 is 5.91 Å². The van der Waals surface area contributed by atoms with Gasteiger partial charge in [0.05, 0.1) is 0 Å². The van der Waals surface area contributed by atoms with Crippen molar-refractivity contribution in [3.63, 3.8) is 0 Å². The minimum atomic E-state index is 0.220. The molecule has 1 atom stereocenters. The van der Waals surface area contributed by atoms with Crippen molar-refractivity contribution in [2.45, 2.75) is 50.6 Å². The number of piperidine rings is 1. The van der Waals surface area contributed by atoms with Gasteiger partial charge in [-0.3, -0.25) is 9.69 Å². The smallest absolute Gasteiger partial charge is 0.242 e. The molecular weight excluding hydrogens is 336 g/mol. The number of benzene rings is 1. The fourth-order valence-electron chi connectivity index (χ4n) is 4.95. The summed E-state index contributed by atoms with van der Waals surface area (Å²) in [5, 5.41) is 0. The van der Waals surface area contributed by atoms with Crippen LogP contribution in [0.3, 0.4) is 0 Å². The molecule has 0 aliphatic carbocycles. The number of hydrogen-bond donors (Lipinski definition) is 0. The van der Waals surface area contributed by atoms with E-state index in [9.17, 15) is 4.79 Å². The molecule has 2 fully saturated rings. The summed E-state index contributed by atoms with van der Waals surface area (Å²) in [5.74, 6) is 1.81. The topological polar surface area (TPSA) is 41.4 Å². The third-order valence-electron chi connectivity index (χ3n) is 6.67. The molecule has 0 saturated carbocycles. The molecule has 1 aromatic carbocycles. The van der Waals surface area contributed by atoms with Gasteiger partial charge in [0.2, 0.25) is 5.91 Å². The van der Waals surface area contributed by atoms with Crippen LogP contribution in [0.15, 0.2) is 42.7 Å². The van der Waals surface area contributed by atoms with Gasteiger partial charge in [-0.15, -0.1) is 0 Å². The van der Waals surface area contributed by atoms with Gasteiger partial charge in [0, 0.05) is 44.0 Å². The van der Waals surface area contributed by atoms with E-state index in [1.807, 2.05) is 15.7 Å². The van der Waals surface area contributed by atoms with Crippen LogP contribution in [0.5, 0.6) is 0 Å². The van der Waals surface area contributed by atoms with Crippen molar-refractivity contribution in [2.75, 3.05) is 26.7 Å². The lowest BCUT2D eigenvalue weighted by Gasteiger charge is -2.43. The Hall–Kier alpha value is -2.14. The zero-order chi connectivity index (χ0) is 18.9. The zero-order valence-electron chi connectivity index (χ0n) is 16.5. The van der Waals surface area contributed by atoms with E-state index in [-0.39, 0.29) is 11.4 Å². The first-order valence-electron chi connectivity index (χ1n) is 10.2. The van der Waals surface area contributed by atoms with E-state index in [1.165, 1.54) is 12.0 Å². The van der Waals surface area contributed by atoms with Crippen LogP contribution in [0.1, 0.15) is 43.5 Å². The summed E-state index contributed by atoms with van der Waals surface area (Å²) in [6.45, 7) is 5.33. The molecule has 27 heavy (non-hydrogen) atoms. The second kappa shape index (κ2) is 7.47. The quantitative estimate of drug-likeness (QED) is 0.835. The van der Waals surface area contributed by atoms with Gasteiger partial charge >= 0.3 is 0 Å². The third-order valence-corrected chi connectivity index (χ3v) is 6.67. The molecule has 2 aliphatic rings. The second-order valence-corrected chi connectivity index (χ2v) is 8.12. The molecule has 4 rings (SSSR count). The van der Waals surface area contributed by atoms with Crippen molar-refractivity contribution < 1.29 is 4.79 Å². The van der Waals surface area contributed by atoms with Gasteiger partial charge in [0.1, 0.15) is 12.4 Å². The van der Waals surface area contributed by atoms with Crippen molar-refractivity contribution in [2.24, 2.45) is 0 Å². The summed E-state index contributed by atoms with van der Waals surface area (Å²) >= 11 is 0. The normalized spacial score (nSPS) is 22.4. The molecule has 144 valence electrons. The zero-order valence-corrected chi connectivity index (χ0v) is 16.5. The SMILES string of the molecule is CCc1nccn1CC(=O)N1CCC2(CC1)CC(c1ccccc1)CN2C. The highest BCUT2D eigenvalue weighted by Gasteiger charge is 2.46. The maximum atomic E-state index is 12.8. The van der Waals surface area contributed by atoms with Crippen LogP contribution in [0.2, 0.25) is 0 Å². The number of carbonyl (C=O) groups excluding carboxylic acids is 1. The van der Waals surface area contributed by atoms with Crippen molar-refractivity contribution in [3.05, 3.63) is 54.1 Å². The molecule has 1 unspecified atom stereocenters. The standard InChI is InChI=1S/C22H30N4O/c1-3-20-23-11-14-26(20)17-21(27)25-12-9-22(10-13-25)15-19(16-24(22)2)18-7-5-4-6-8-18/h4-8,11,14,19H,3,9-10,12-13,15-17H2,1-2H3. The summed E-state index contributed by atoms with van der Waals surface area (Å²) in [4.78, 5) is 21.7. The van der Waals surface area contributed by atoms with E-state index in [0.29, 0.717) is 12.5 Å². The summed E-state index contributed by atoms with van der Waals surface area (Å²) in [7, 11) is 2.26. The molecule has 2 aliphatic heterocycles. The molecule has 2 saturated heterocycles. The number of rotatable bonds is 4. The number of imidazole rings is 1. The Morgan fingerprint density at radius 1 is 1.22 bits per heavy atom. The van der Waals surface area contributed by atoms with Crippen LogP contribution in [-0.4, -0.2) is 57.5 Å². The van der Waals surface area contributed by atoms with E-state index < -0.39 is 0 Å².